The Kier molecular flexibility index (Phi) is 7.03. The zero-order valence-electron chi connectivity index (χ0n) is 20.2. The minimum atomic E-state index is -1.16. The van der Waals surface area contributed by atoms with Crippen LogP contribution < -0.4 is 5.32 Å². The number of rotatable bonds is 8. The summed E-state index contributed by atoms with van der Waals surface area (Å²) in [6.45, 7) is 0.373. The molecule has 0 bridgehead atoms. The molecule has 11 heteroatoms. The molecule has 2 aromatic carbocycles. The van der Waals surface area contributed by atoms with E-state index in [1.807, 2.05) is 0 Å². The van der Waals surface area contributed by atoms with Crippen LogP contribution in [0.15, 0.2) is 34.9 Å². The summed E-state index contributed by atoms with van der Waals surface area (Å²) in [6.07, 6.45) is 5.66. The van der Waals surface area contributed by atoms with Gasteiger partial charge in [-0.15, -0.1) is 0 Å². The maximum atomic E-state index is 14.3. The SMILES string of the molecule is O=C(O)c1cc(F)c2nc(NC3CCC(OCc4c(-c5c(Cl)cccc5Cl)noc4C4CC4)CC3)sc2c1. The number of carbonyl (C=O) groups is 1. The first-order chi connectivity index (χ1) is 18.4. The van der Waals surface area contributed by atoms with E-state index in [2.05, 4.69) is 15.5 Å². The molecule has 0 radical (unpaired) electrons. The predicted molar refractivity (Wildman–Crippen MR) is 145 cm³/mol. The van der Waals surface area contributed by atoms with Gasteiger partial charge in [0.05, 0.1) is 33.0 Å². The largest absolute Gasteiger partial charge is 0.478 e. The smallest absolute Gasteiger partial charge is 0.335 e. The van der Waals surface area contributed by atoms with Crippen LogP contribution in [0.25, 0.3) is 21.5 Å². The molecule has 2 aliphatic rings. The number of thiazole rings is 1. The van der Waals surface area contributed by atoms with Crippen LogP contribution in [-0.2, 0) is 11.3 Å². The van der Waals surface area contributed by atoms with Crippen molar-refractivity contribution in [3.63, 3.8) is 0 Å². The first-order valence-electron chi connectivity index (χ1n) is 12.5. The topological polar surface area (TPSA) is 97.5 Å². The zero-order chi connectivity index (χ0) is 26.4. The van der Waals surface area contributed by atoms with Crippen LogP contribution in [0.2, 0.25) is 10.0 Å². The van der Waals surface area contributed by atoms with Crippen molar-refractivity contribution in [2.45, 2.75) is 63.2 Å². The van der Waals surface area contributed by atoms with E-state index in [0.717, 1.165) is 55.9 Å². The lowest BCUT2D eigenvalue weighted by atomic mass is 9.93. The standard InChI is InChI=1S/C27H24Cl2FN3O4S/c28-18-2-1-3-19(29)22(18)23-17(25(37-33-23)13-4-5-13)12-36-16-8-6-15(7-9-16)31-27-32-24-20(30)10-14(26(34)35)11-21(24)38-27/h1-3,10-11,13,15-16H,4-9,12H2,(H,31,32)(H,34,35). The van der Waals surface area contributed by atoms with E-state index in [9.17, 15) is 14.3 Å². The molecule has 38 heavy (non-hydrogen) atoms. The van der Waals surface area contributed by atoms with Crippen LogP contribution in [0.3, 0.4) is 0 Å². The van der Waals surface area contributed by atoms with Gasteiger partial charge in [0.25, 0.3) is 0 Å². The van der Waals surface area contributed by atoms with Gasteiger partial charge in [0.1, 0.15) is 17.0 Å². The van der Waals surface area contributed by atoms with Crippen LogP contribution in [0.1, 0.15) is 66.1 Å². The number of aromatic nitrogens is 2. The maximum Gasteiger partial charge on any atom is 0.335 e. The number of carboxylic acid groups (broad SMARTS) is 1. The Morgan fingerprint density at radius 3 is 2.58 bits per heavy atom. The third-order valence-corrected chi connectivity index (χ3v) is 8.69. The van der Waals surface area contributed by atoms with Crippen LogP contribution in [0.4, 0.5) is 9.52 Å². The summed E-state index contributed by atoms with van der Waals surface area (Å²) >= 11 is 14.2. The van der Waals surface area contributed by atoms with Crippen molar-refractivity contribution in [3.05, 3.63) is 63.1 Å². The van der Waals surface area contributed by atoms with E-state index in [1.165, 1.54) is 17.4 Å². The molecule has 0 unspecified atom stereocenters. The second kappa shape index (κ2) is 10.4. The van der Waals surface area contributed by atoms with Gasteiger partial charge in [-0.1, -0.05) is 45.8 Å². The number of benzene rings is 2. The molecule has 0 atom stereocenters. The number of nitrogens with zero attached hydrogens (tertiary/aromatic N) is 2. The van der Waals surface area contributed by atoms with Gasteiger partial charge in [-0.05, 0) is 62.8 Å². The molecule has 0 saturated heterocycles. The normalized spacial score (nSPS) is 19.7. The molecule has 0 amide bonds. The fraction of sp³-hybridized carbons (Fsp3) is 0.370. The van der Waals surface area contributed by atoms with Crippen LogP contribution >= 0.6 is 34.5 Å². The third-order valence-electron chi connectivity index (χ3n) is 7.13. The highest BCUT2D eigenvalue weighted by Gasteiger charge is 2.34. The highest BCUT2D eigenvalue weighted by atomic mass is 35.5. The Hall–Kier alpha value is -2.72. The van der Waals surface area contributed by atoms with Crippen molar-refractivity contribution in [1.29, 1.82) is 0 Å². The molecular weight excluding hydrogens is 552 g/mol. The first-order valence-corrected chi connectivity index (χ1v) is 14.1. The number of anilines is 1. The number of fused-ring (bicyclic) bond motifs is 1. The van der Waals surface area contributed by atoms with Crippen molar-refractivity contribution in [3.8, 4) is 11.3 Å². The predicted octanol–water partition coefficient (Wildman–Crippen LogP) is 7.91. The van der Waals surface area contributed by atoms with E-state index >= 15 is 0 Å². The zero-order valence-corrected chi connectivity index (χ0v) is 22.5. The molecular formula is C27H24Cl2FN3O4S. The number of hydrogen-bond donors (Lipinski definition) is 2. The molecule has 2 N–H and O–H groups in total. The molecule has 0 spiro atoms. The number of ether oxygens (including phenoxy) is 1. The highest BCUT2D eigenvalue weighted by molar-refractivity contribution is 7.22. The van der Waals surface area contributed by atoms with Gasteiger partial charge >= 0.3 is 5.97 Å². The van der Waals surface area contributed by atoms with Crippen molar-refractivity contribution in [2.24, 2.45) is 0 Å². The number of halogens is 3. The third kappa shape index (κ3) is 5.12. The Labute approximate surface area is 231 Å². The summed E-state index contributed by atoms with van der Waals surface area (Å²) in [4.78, 5) is 15.6. The van der Waals surface area contributed by atoms with Gasteiger partial charge in [0.15, 0.2) is 10.9 Å². The Morgan fingerprint density at radius 1 is 1.16 bits per heavy atom. The summed E-state index contributed by atoms with van der Waals surface area (Å²) in [5, 5.41) is 18.5. The molecule has 7 nitrogen and oxygen atoms in total. The van der Waals surface area contributed by atoms with Crippen LogP contribution in [0.5, 0.6) is 0 Å². The first kappa shape index (κ1) is 25.6. The van der Waals surface area contributed by atoms with Crippen molar-refractivity contribution in [1.82, 2.24) is 10.1 Å². The summed E-state index contributed by atoms with van der Waals surface area (Å²) in [7, 11) is 0. The second-order valence-corrected chi connectivity index (χ2v) is 11.6. The number of nitrogens with one attached hydrogen (secondary N) is 1. The van der Waals surface area contributed by atoms with Crippen molar-refractivity contribution >= 4 is 55.9 Å². The lowest BCUT2D eigenvalue weighted by Crippen LogP contribution is -2.29. The quantitative estimate of drug-likeness (QED) is 0.220. The van der Waals surface area contributed by atoms with Crippen LogP contribution in [-0.4, -0.2) is 33.4 Å². The van der Waals surface area contributed by atoms with Crippen molar-refractivity contribution < 1.29 is 23.6 Å². The fourth-order valence-electron chi connectivity index (χ4n) is 4.97. The summed E-state index contributed by atoms with van der Waals surface area (Å²) in [5.74, 6) is -0.565. The average Bonchev–Trinajstić information content (AvgIpc) is 3.52. The van der Waals surface area contributed by atoms with Crippen LogP contribution in [0, 0.1) is 5.82 Å². The van der Waals surface area contributed by atoms with E-state index < -0.39 is 11.8 Å². The molecule has 2 saturated carbocycles. The van der Waals surface area contributed by atoms with Gasteiger partial charge in [0.2, 0.25) is 0 Å². The monoisotopic (exact) mass is 575 g/mol. The van der Waals surface area contributed by atoms with Gasteiger partial charge < -0.3 is 19.7 Å². The van der Waals surface area contributed by atoms with Gasteiger partial charge in [-0.2, -0.15) is 0 Å². The van der Waals surface area contributed by atoms with E-state index in [0.29, 0.717) is 43.7 Å². The minimum Gasteiger partial charge on any atom is -0.478 e. The van der Waals surface area contributed by atoms with Gasteiger partial charge in [-0.3, -0.25) is 0 Å². The minimum absolute atomic E-state index is 0.0792. The lowest BCUT2D eigenvalue weighted by molar-refractivity contribution is 0.0145. The fourth-order valence-corrected chi connectivity index (χ4v) is 6.54. The lowest BCUT2D eigenvalue weighted by Gasteiger charge is -2.29. The number of aromatic carboxylic acids is 1. The van der Waals surface area contributed by atoms with Gasteiger partial charge in [0, 0.05) is 23.1 Å². The Balaban J connectivity index is 1.10. The average molecular weight is 576 g/mol. The molecule has 0 aliphatic heterocycles. The Bertz CT molecular complexity index is 1490. The van der Waals surface area contributed by atoms with Gasteiger partial charge in [-0.25, -0.2) is 14.2 Å². The molecule has 2 fully saturated rings. The molecule has 6 rings (SSSR count). The summed E-state index contributed by atoms with van der Waals surface area (Å²) < 4.78 is 26.9. The van der Waals surface area contributed by atoms with Crippen molar-refractivity contribution in [2.75, 3.05) is 5.32 Å². The summed E-state index contributed by atoms with van der Waals surface area (Å²) in [6, 6.07) is 8.02. The molecule has 2 aromatic heterocycles. The van der Waals surface area contributed by atoms with E-state index in [4.69, 9.17) is 32.5 Å². The molecule has 2 aliphatic carbocycles. The maximum absolute atomic E-state index is 14.3. The molecule has 198 valence electrons. The molecule has 2 heterocycles. The number of hydrogen-bond acceptors (Lipinski definition) is 7. The highest BCUT2D eigenvalue weighted by Crippen LogP contribution is 2.46. The van der Waals surface area contributed by atoms with E-state index in [1.54, 1.807) is 18.2 Å². The molecule has 4 aromatic rings. The number of carboxylic acids is 1. The Morgan fingerprint density at radius 2 is 1.89 bits per heavy atom. The summed E-state index contributed by atoms with van der Waals surface area (Å²) in [5.41, 5.74) is 2.34. The van der Waals surface area contributed by atoms with E-state index in [-0.39, 0.29) is 23.2 Å². The second-order valence-electron chi connectivity index (χ2n) is 9.80.